The summed E-state index contributed by atoms with van der Waals surface area (Å²) in [5.41, 5.74) is 1.13. The van der Waals surface area contributed by atoms with Crippen LogP contribution < -0.4 is 10.6 Å². The molecule has 0 aliphatic carbocycles. The van der Waals surface area contributed by atoms with Gasteiger partial charge >= 0.3 is 0 Å². The molecule has 0 saturated heterocycles. The van der Waals surface area contributed by atoms with Gasteiger partial charge < -0.3 is 15.6 Å². The highest BCUT2D eigenvalue weighted by molar-refractivity contribution is 5.95. The molecule has 1 aromatic heterocycles. The fraction of sp³-hybridized carbons (Fsp3) is 0.105. The molecule has 0 spiro atoms. The van der Waals surface area contributed by atoms with Crippen molar-refractivity contribution < 1.29 is 18.4 Å². The van der Waals surface area contributed by atoms with Gasteiger partial charge in [-0.1, -0.05) is 12.1 Å². The molecule has 3 N–H and O–H groups in total. The summed E-state index contributed by atoms with van der Waals surface area (Å²) in [5.74, 6) is -2.06. The van der Waals surface area contributed by atoms with Crippen LogP contribution in [0.15, 0.2) is 54.9 Å². The Morgan fingerprint density at radius 1 is 1.11 bits per heavy atom. The number of imidazole rings is 1. The topological polar surface area (TPSA) is 86.9 Å². The third-order valence-electron chi connectivity index (χ3n) is 3.73. The van der Waals surface area contributed by atoms with E-state index in [4.69, 9.17) is 0 Å². The van der Waals surface area contributed by atoms with Crippen molar-refractivity contribution in [2.45, 2.75) is 6.42 Å². The lowest BCUT2D eigenvalue weighted by molar-refractivity contribution is -0.116. The van der Waals surface area contributed by atoms with Gasteiger partial charge in [0.25, 0.3) is 5.91 Å². The zero-order valence-corrected chi connectivity index (χ0v) is 14.1. The molecule has 8 heteroatoms. The summed E-state index contributed by atoms with van der Waals surface area (Å²) in [5, 5.41) is 5.15. The zero-order chi connectivity index (χ0) is 19.2. The number of carbonyl (C=O) groups is 2. The van der Waals surface area contributed by atoms with E-state index >= 15 is 0 Å². The second kappa shape index (κ2) is 8.22. The second-order valence-electron chi connectivity index (χ2n) is 5.70. The van der Waals surface area contributed by atoms with E-state index in [1.807, 2.05) is 6.07 Å². The molecular weight excluding hydrogens is 354 g/mol. The van der Waals surface area contributed by atoms with Crippen molar-refractivity contribution in [1.82, 2.24) is 15.3 Å². The molecule has 3 rings (SSSR count). The number of rotatable bonds is 6. The quantitative estimate of drug-likeness (QED) is 0.623. The van der Waals surface area contributed by atoms with Crippen LogP contribution in [0.1, 0.15) is 16.8 Å². The van der Waals surface area contributed by atoms with E-state index < -0.39 is 17.5 Å². The number of hydrogen-bond donors (Lipinski definition) is 3. The van der Waals surface area contributed by atoms with Gasteiger partial charge in [0.2, 0.25) is 5.91 Å². The number of nitrogens with one attached hydrogen (secondary N) is 3. The molecular formula is C19H16F2N4O2. The Bertz CT molecular complexity index is 958. The first kappa shape index (κ1) is 18.2. The Labute approximate surface area is 153 Å². The maximum atomic E-state index is 13.5. The van der Waals surface area contributed by atoms with Crippen LogP contribution >= 0.6 is 0 Å². The summed E-state index contributed by atoms with van der Waals surface area (Å²) in [6.07, 6.45) is 3.33. The van der Waals surface area contributed by atoms with Gasteiger partial charge in [-0.05, 0) is 24.3 Å². The molecule has 0 atom stereocenters. The number of hydrogen-bond acceptors (Lipinski definition) is 3. The standard InChI is InChI=1S/C19H16F2N4O2/c20-13-4-5-15(16(21)11-13)19(27)24-7-6-17(26)25-14-3-1-2-12(10-14)18-22-8-9-23-18/h1-5,8-11H,6-7H2,(H,22,23)(H,24,27)(H,25,26). The Morgan fingerprint density at radius 3 is 2.70 bits per heavy atom. The third-order valence-corrected chi connectivity index (χ3v) is 3.73. The molecule has 2 aromatic carbocycles. The largest absolute Gasteiger partial charge is 0.351 e. The highest BCUT2D eigenvalue weighted by atomic mass is 19.1. The van der Waals surface area contributed by atoms with Crippen LogP contribution in [0.25, 0.3) is 11.4 Å². The van der Waals surface area contributed by atoms with Gasteiger partial charge in [0, 0.05) is 42.7 Å². The van der Waals surface area contributed by atoms with Crippen LogP contribution in [0, 0.1) is 11.6 Å². The molecule has 0 unspecified atom stereocenters. The smallest absolute Gasteiger partial charge is 0.254 e. The Balaban J connectivity index is 1.51. The lowest BCUT2D eigenvalue weighted by atomic mass is 10.2. The van der Waals surface area contributed by atoms with Gasteiger partial charge in [-0.15, -0.1) is 0 Å². The number of H-pyrrole nitrogens is 1. The van der Waals surface area contributed by atoms with Gasteiger partial charge in [-0.2, -0.15) is 0 Å². The number of carbonyl (C=O) groups excluding carboxylic acids is 2. The number of halogens is 2. The number of aromatic nitrogens is 2. The van der Waals surface area contributed by atoms with Crippen molar-refractivity contribution in [3.63, 3.8) is 0 Å². The van der Waals surface area contributed by atoms with Crippen LogP contribution in [-0.4, -0.2) is 28.3 Å². The van der Waals surface area contributed by atoms with Crippen molar-refractivity contribution in [2.75, 3.05) is 11.9 Å². The summed E-state index contributed by atoms with van der Waals surface area (Å²) >= 11 is 0. The summed E-state index contributed by atoms with van der Waals surface area (Å²) in [4.78, 5) is 31.0. The van der Waals surface area contributed by atoms with E-state index in [0.717, 1.165) is 17.7 Å². The Hall–Kier alpha value is -3.55. The second-order valence-corrected chi connectivity index (χ2v) is 5.70. The van der Waals surface area contributed by atoms with Gasteiger partial charge in [0.15, 0.2) is 0 Å². The maximum Gasteiger partial charge on any atom is 0.254 e. The van der Waals surface area contributed by atoms with Crippen molar-refractivity contribution in [2.24, 2.45) is 0 Å². The minimum atomic E-state index is -0.952. The molecule has 0 aliphatic rings. The van der Waals surface area contributed by atoms with Crippen LogP contribution in [0.4, 0.5) is 14.5 Å². The fourth-order valence-corrected chi connectivity index (χ4v) is 2.45. The number of anilines is 1. The predicted molar refractivity (Wildman–Crippen MR) is 96.0 cm³/mol. The lowest BCUT2D eigenvalue weighted by Gasteiger charge is -2.08. The van der Waals surface area contributed by atoms with Gasteiger partial charge in [0.05, 0.1) is 5.56 Å². The lowest BCUT2D eigenvalue weighted by Crippen LogP contribution is -2.28. The van der Waals surface area contributed by atoms with Crippen LogP contribution in [0.2, 0.25) is 0 Å². The van der Waals surface area contributed by atoms with Crippen LogP contribution in [0.3, 0.4) is 0 Å². The van der Waals surface area contributed by atoms with Crippen molar-refractivity contribution in [3.8, 4) is 11.4 Å². The van der Waals surface area contributed by atoms with E-state index in [2.05, 4.69) is 20.6 Å². The maximum absolute atomic E-state index is 13.5. The first-order valence-corrected chi connectivity index (χ1v) is 8.16. The molecule has 0 radical (unpaired) electrons. The number of amides is 2. The van der Waals surface area contributed by atoms with Crippen molar-refractivity contribution >= 4 is 17.5 Å². The summed E-state index contributed by atoms with van der Waals surface area (Å²) < 4.78 is 26.4. The van der Waals surface area contributed by atoms with E-state index in [0.29, 0.717) is 17.6 Å². The summed E-state index contributed by atoms with van der Waals surface area (Å²) in [6.45, 7) is 0.0133. The Morgan fingerprint density at radius 2 is 1.96 bits per heavy atom. The average Bonchev–Trinajstić information content (AvgIpc) is 3.16. The minimum absolute atomic E-state index is 0.000463. The van der Waals surface area contributed by atoms with Gasteiger partial charge in [0.1, 0.15) is 17.5 Å². The molecule has 0 aliphatic heterocycles. The van der Waals surface area contributed by atoms with E-state index in [-0.39, 0.29) is 24.4 Å². The van der Waals surface area contributed by atoms with Crippen molar-refractivity contribution in [3.05, 3.63) is 72.1 Å². The number of nitrogens with zero attached hydrogens (tertiary/aromatic N) is 1. The molecule has 1 heterocycles. The molecule has 138 valence electrons. The van der Waals surface area contributed by atoms with E-state index in [1.165, 1.54) is 0 Å². The molecule has 2 amide bonds. The monoisotopic (exact) mass is 370 g/mol. The molecule has 0 saturated carbocycles. The minimum Gasteiger partial charge on any atom is -0.351 e. The van der Waals surface area contributed by atoms with E-state index in [9.17, 15) is 18.4 Å². The van der Waals surface area contributed by atoms with Gasteiger partial charge in [-0.25, -0.2) is 13.8 Å². The predicted octanol–water partition coefficient (Wildman–Crippen LogP) is 3.11. The first-order chi connectivity index (χ1) is 13.0. The highest BCUT2D eigenvalue weighted by Crippen LogP contribution is 2.19. The van der Waals surface area contributed by atoms with Gasteiger partial charge in [-0.3, -0.25) is 9.59 Å². The SMILES string of the molecule is O=C(CCNC(=O)c1ccc(F)cc1F)Nc1cccc(-c2ncc[nH]2)c1. The molecule has 0 bridgehead atoms. The zero-order valence-electron chi connectivity index (χ0n) is 14.1. The van der Waals surface area contributed by atoms with Crippen LogP contribution in [0.5, 0.6) is 0 Å². The molecule has 3 aromatic rings. The summed E-state index contributed by atoms with van der Waals surface area (Å²) in [6, 6.07) is 9.82. The Kier molecular flexibility index (Phi) is 5.55. The molecule has 0 fully saturated rings. The summed E-state index contributed by atoms with van der Waals surface area (Å²) in [7, 11) is 0. The van der Waals surface area contributed by atoms with Crippen LogP contribution in [-0.2, 0) is 4.79 Å². The fourth-order valence-electron chi connectivity index (χ4n) is 2.45. The average molecular weight is 370 g/mol. The van der Waals surface area contributed by atoms with E-state index in [1.54, 1.807) is 30.6 Å². The molecule has 27 heavy (non-hydrogen) atoms. The first-order valence-electron chi connectivity index (χ1n) is 8.16. The number of benzene rings is 2. The molecule has 6 nitrogen and oxygen atoms in total. The van der Waals surface area contributed by atoms with Crippen molar-refractivity contribution in [1.29, 1.82) is 0 Å². The third kappa shape index (κ3) is 4.75. The highest BCUT2D eigenvalue weighted by Gasteiger charge is 2.12. The normalized spacial score (nSPS) is 10.4. The number of aromatic amines is 1.